The van der Waals surface area contributed by atoms with Crippen molar-refractivity contribution in [3.63, 3.8) is 0 Å². The molecule has 2 rings (SSSR count). The van der Waals surface area contributed by atoms with E-state index < -0.39 is 0 Å². The van der Waals surface area contributed by atoms with Crippen molar-refractivity contribution >= 4 is 5.69 Å². The second-order valence-electron chi connectivity index (χ2n) is 4.17. The number of hydrogen-bond acceptors (Lipinski definition) is 4. The summed E-state index contributed by atoms with van der Waals surface area (Å²) in [6.45, 7) is 4.70. The summed E-state index contributed by atoms with van der Waals surface area (Å²) in [6, 6.07) is 8.34. The lowest BCUT2D eigenvalue weighted by molar-refractivity contribution is 0.589. The molecule has 16 heavy (non-hydrogen) atoms. The first-order chi connectivity index (χ1) is 7.81. The Morgan fingerprint density at radius 2 is 2.06 bits per heavy atom. The smallest absolute Gasteiger partial charge is 0.0420 e. The molecule has 0 aliphatic carbocycles. The molecule has 4 nitrogen and oxygen atoms in total. The van der Waals surface area contributed by atoms with Crippen LogP contribution < -0.4 is 21.7 Å². The van der Waals surface area contributed by atoms with Crippen molar-refractivity contribution in [3.8, 4) is 0 Å². The number of anilines is 1. The number of benzene rings is 1. The molecule has 0 spiro atoms. The molecule has 0 amide bonds. The van der Waals surface area contributed by atoms with Crippen LogP contribution in [0.1, 0.15) is 11.6 Å². The summed E-state index contributed by atoms with van der Waals surface area (Å²) in [5.41, 5.74) is 13.9. The predicted octanol–water partition coefficient (Wildman–Crippen LogP) is 0.0547. The Morgan fingerprint density at radius 3 is 2.75 bits per heavy atom. The lowest BCUT2D eigenvalue weighted by Crippen LogP contribution is -2.43. The first kappa shape index (κ1) is 11.4. The first-order valence-electron chi connectivity index (χ1n) is 5.82. The Kier molecular flexibility index (Phi) is 3.77. The summed E-state index contributed by atoms with van der Waals surface area (Å²) in [5.74, 6) is 0. The highest BCUT2D eigenvalue weighted by atomic mass is 15.2. The van der Waals surface area contributed by atoms with Crippen molar-refractivity contribution in [2.24, 2.45) is 11.5 Å². The topological polar surface area (TPSA) is 67.3 Å². The second-order valence-corrected chi connectivity index (χ2v) is 4.17. The first-order valence-corrected chi connectivity index (χ1v) is 5.82. The van der Waals surface area contributed by atoms with Crippen LogP contribution >= 0.6 is 0 Å². The number of nitrogens with zero attached hydrogens (tertiary/aromatic N) is 1. The van der Waals surface area contributed by atoms with Gasteiger partial charge in [-0.2, -0.15) is 0 Å². The summed E-state index contributed by atoms with van der Waals surface area (Å²) in [5, 5.41) is 3.35. The molecule has 1 aliphatic rings. The molecule has 1 aliphatic heterocycles. The summed E-state index contributed by atoms with van der Waals surface area (Å²) in [6.07, 6.45) is 0. The molecule has 1 unspecified atom stereocenters. The number of nitrogens with two attached hydrogens (primary N) is 2. The quantitative estimate of drug-likeness (QED) is 0.673. The minimum atomic E-state index is -0.0529. The van der Waals surface area contributed by atoms with Crippen molar-refractivity contribution in [2.45, 2.75) is 6.04 Å². The summed E-state index contributed by atoms with van der Waals surface area (Å²) >= 11 is 0. The number of rotatable bonds is 3. The van der Waals surface area contributed by atoms with Gasteiger partial charge in [0, 0.05) is 44.5 Å². The maximum absolute atomic E-state index is 5.94. The molecule has 0 saturated carbocycles. The van der Waals surface area contributed by atoms with Crippen molar-refractivity contribution in [1.29, 1.82) is 0 Å². The third-order valence-corrected chi connectivity index (χ3v) is 3.03. The zero-order chi connectivity index (χ0) is 11.4. The number of hydrogen-bond donors (Lipinski definition) is 3. The molecule has 1 heterocycles. The number of piperazine rings is 1. The highest BCUT2D eigenvalue weighted by molar-refractivity contribution is 5.49. The molecule has 0 aromatic heterocycles. The van der Waals surface area contributed by atoms with Crippen LogP contribution in [0.3, 0.4) is 0 Å². The van der Waals surface area contributed by atoms with E-state index in [1.165, 1.54) is 5.69 Å². The van der Waals surface area contributed by atoms with Crippen LogP contribution in [0.15, 0.2) is 24.3 Å². The zero-order valence-corrected chi connectivity index (χ0v) is 9.52. The fourth-order valence-corrected chi connectivity index (χ4v) is 2.01. The van der Waals surface area contributed by atoms with Gasteiger partial charge in [-0.1, -0.05) is 12.1 Å². The van der Waals surface area contributed by atoms with E-state index in [1.54, 1.807) is 0 Å². The molecule has 4 heteroatoms. The lowest BCUT2D eigenvalue weighted by atomic mass is 10.1. The van der Waals surface area contributed by atoms with E-state index in [-0.39, 0.29) is 6.04 Å². The van der Waals surface area contributed by atoms with E-state index in [9.17, 15) is 0 Å². The molecule has 5 N–H and O–H groups in total. The molecule has 1 atom stereocenters. The van der Waals surface area contributed by atoms with Crippen LogP contribution in [0.5, 0.6) is 0 Å². The normalized spacial score (nSPS) is 18.5. The second kappa shape index (κ2) is 5.30. The van der Waals surface area contributed by atoms with Gasteiger partial charge in [-0.05, 0) is 17.7 Å². The van der Waals surface area contributed by atoms with Gasteiger partial charge in [-0.3, -0.25) is 0 Å². The lowest BCUT2D eigenvalue weighted by Gasteiger charge is -2.30. The third kappa shape index (κ3) is 2.52. The van der Waals surface area contributed by atoms with Crippen molar-refractivity contribution in [1.82, 2.24) is 5.32 Å². The Balaban J connectivity index is 2.14. The third-order valence-electron chi connectivity index (χ3n) is 3.03. The van der Waals surface area contributed by atoms with Gasteiger partial charge < -0.3 is 21.7 Å². The predicted molar refractivity (Wildman–Crippen MR) is 67.5 cm³/mol. The fourth-order valence-electron chi connectivity index (χ4n) is 2.01. The molecule has 1 saturated heterocycles. The Bertz CT molecular complexity index is 334. The molecule has 0 radical (unpaired) electrons. The highest BCUT2D eigenvalue weighted by Gasteiger charge is 2.11. The molecule has 0 bridgehead atoms. The molecular formula is C12H20N4. The van der Waals surface area contributed by atoms with Crippen LogP contribution in [0.4, 0.5) is 5.69 Å². The Morgan fingerprint density at radius 1 is 1.31 bits per heavy atom. The maximum Gasteiger partial charge on any atom is 0.0420 e. The average molecular weight is 220 g/mol. The van der Waals surface area contributed by atoms with Gasteiger partial charge in [0.2, 0.25) is 0 Å². The van der Waals surface area contributed by atoms with E-state index in [0.29, 0.717) is 6.54 Å². The van der Waals surface area contributed by atoms with Gasteiger partial charge >= 0.3 is 0 Å². The minimum absolute atomic E-state index is 0.0529. The average Bonchev–Trinajstić information content (AvgIpc) is 2.39. The van der Waals surface area contributed by atoms with Crippen molar-refractivity contribution in [2.75, 3.05) is 37.6 Å². The van der Waals surface area contributed by atoms with Crippen LogP contribution in [-0.4, -0.2) is 32.7 Å². The monoisotopic (exact) mass is 220 g/mol. The largest absolute Gasteiger partial charge is 0.369 e. The molecule has 88 valence electrons. The van der Waals surface area contributed by atoms with Crippen LogP contribution in [0.2, 0.25) is 0 Å². The van der Waals surface area contributed by atoms with E-state index in [4.69, 9.17) is 11.5 Å². The van der Waals surface area contributed by atoms with Gasteiger partial charge in [-0.15, -0.1) is 0 Å². The van der Waals surface area contributed by atoms with Gasteiger partial charge in [0.15, 0.2) is 0 Å². The van der Waals surface area contributed by atoms with Crippen molar-refractivity contribution < 1.29 is 0 Å². The highest BCUT2D eigenvalue weighted by Crippen LogP contribution is 2.19. The number of nitrogens with one attached hydrogen (secondary N) is 1. The molecule has 1 aromatic rings. The fraction of sp³-hybridized carbons (Fsp3) is 0.500. The summed E-state index contributed by atoms with van der Waals surface area (Å²) < 4.78 is 0. The van der Waals surface area contributed by atoms with E-state index >= 15 is 0 Å². The standard InChI is InChI=1S/C12H20N4/c13-9-12(14)10-2-1-3-11(8-10)16-6-4-15-5-7-16/h1-3,8,12,15H,4-7,9,13-14H2. The van der Waals surface area contributed by atoms with Crippen LogP contribution in [-0.2, 0) is 0 Å². The van der Waals surface area contributed by atoms with Gasteiger partial charge in [0.1, 0.15) is 0 Å². The van der Waals surface area contributed by atoms with Gasteiger partial charge in [0.25, 0.3) is 0 Å². The molecular weight excluding hydrogens is 200 g/mol. The summed E-state index contributed by atoms with van der Waals surface area (Å²) in [7, 11) is 0. The van der Waals surface area contributed by atoms with Crippen molar-refractivity contribution in [3.05, 3.63) is 29.8 Å². The van der Waals surface area contributed by atoms with E-state index in [1.807, 2.05) is 6.07 Å². The van der Waals surface area contributed by atoms with E-state index in [0.717, 1.165) is 31.7 Å². The summed E-state index contributed by atoms with van der Waals surface area (Å²) in [4.78, 5) is 2.38. The zero-order valence-electron chi connectivity index (χ0n) is 9.52. The Labute approximate surface area is 96.6 Å². The minimum Gasteiger partial charge on any atom is -0.369 e. The molecule has 1 aromatic carbocycles. The maximum atomic E-state index is 5.94. The van der Waals surface area contributed by atoms with E-state index in [2.05, 4.69) is 28.4 Å². The van der Waals surface area contributed by atoms with Gasteiger partial charge in [-0.25, -0.2) is 0 Å². The van der Waals surface area contributed by atoms with Crippen LogP contribution in [0, 0.1) is 0 Å². The van der Waals surface area contributed by atoms with Crippen LogP contribution in [0.25, 0.3) is 0 Å². The Hall–Kier alpha value is -1.10. The van der Waals surface area contributed by atoms with Gasteiger partial charge in [0.05, 0.1) is 0 Å². The molecule has 1 fully saturated rings. The SMILES string of the molecule is NCC(N)c1cccc(N2CCNCC2)c1.